The zero-order chi connectivity index (χ0) is 18.1. The van der Waals surface area contributed by atoms with Crippen LogP contribution in [0.2, 0.25) is 5.02 Å². The number of halogens is 1. The first-order chi connectivity index (χ1) is 12.1. The number of para-hydroxylation sites is 1. The summed E-state index contributed by atoms with van der Waals surface area (Å²) in [7, 11) is 0. The first-order valence-corrected chi connectivity index (χ1v) is 8.02. The van der Waals surface area contributed by atoms with Crippen molar-refractivity contribution in [3.8, 4) is 11.5 Å². The van der Waals surface area contributed by atoms with Gasteiger partial charge in [0.1, 0.15) is 11.5 Å². The maximum absolute atomic E-state index is 11.7. The molecular formula is C18H18ClNO5. The van der Waals surface area contributed by atoms with Gasteiger partial charge >= 0.3 is 5.97 Å². The van der Waals surface area contributed by atoms with E-state index in [1.54, 1.807) is 48.5 Å². The first-order valence-electron chi connectivity index (χ1n) is 7.64. The molecule has 0 aliphatic rings. The Morgan fingerprint density at radius 3 is 2.24 bits per heavy atom. The van der Waals surface area contributed by atoms with Gasteiger partial charge in [-0.3, -0.25) is 4.79 Å². The zero-order valence-electron chi connectivity index (χ0n) is 13.7. The van der Waals surface area contributed by atoms with Gasteiger partial charge in [-0.1, -0.05) is 23.7 Å². The minimum Gasteiger partial charge on any atom is -0.494 e. The van der Waals surface area contributed by atoms with Crippen LogP contribution >= 0.6 is 11.6 Å². The number of ether oxygens (including phenoxy) is 3. The Kier molecular flexibility index (Phi) is 7.10. The number of rotatable bonds is 8. The lowest BCUT2D eigenvalue weighted by molar-refractivity contribution is -0.149. The van der Waals surface area contributed by atoms with Crippen molar-refractivity contribution >= 4 is 29.2 Å². The zero-order valence-corrected chi connectivity index (χ0v) is 14.4. The second-order valence-electron chi connectivity index (χ2n) is 4.88. The van der Waals surface area contributed by atoms with Gasteiger partial charge in [-0.25, -0.2) is 4.79 Å². The van der Waals surface area contributed by atoms with Gasteiger partial charge in [0, 0.05) is 0 Å². The van der Waals surface area contributed by atoms with Gasteiger partial charge in [-0.2, -0.15) is 0 Å². The van der Waals surface area contributed by atoms with E-state index in [2.05, 4.69) is 5.32 Å². The fourth-order valence-corrected chi connectivity index (χ4v) is 2.06. The number of hydrogen-bond acceptors (Lipinski definition) is 5. The van der Waals surface area contributed by atoms with Crippen molar-refractivity contribution < 1.29 is 23.8 Å². The SMILES string of the molecule is CCOc1ccc(OCC(=O)OCC(=O)Nc2ccccc2Cl)cc1. The molecule has 0 radical (unpaired) electrons. The maximum atomic E-state index is 11.7. The number of carbonyl (C=O) groups excluding carboxylic acids is 2. The van der Waals surface area contributed by atoms with Gasteiger partial charge in [0.15, 0.2) is 13.2 Å². The van der Waals surface area contributed by atoms with Gasteiger partial charge in [0.05, 0.1) is 17.3 Å². The maximum Gasteiger partial charge on any atom is 0.344 e. The highest BCUT2D eigenvalue weighted by Crippen LogP contribution is 2.20. The number of carbonyl (C=O) groups is 2. The third kappa shape index (κ3) is 6.35. The average Bonchev–Trinajstić information content (AvgIpc) is 2.61. The van der Waals surface area contributed by atoms with Gasteiger partial charge < -0.3 is 19.5 Å². The Morgan fingerprint density at radius 2 is 1.60 bits per heavy atom. The molecule has 0 bridgehead atoms. The first kappa shape index (κ1) is 18.6. The lowest BCUT2D eigenvalue weighted by atomic mass is 10.3. The number of benzene rings is 2. The van der Waals surface area contributed by atoms with E-state index < -0.39 is 18.5 Å². The summed E-state index contributed by atoms with van der Waals surface area (Å²) in [4.78, 5) is 23.4. The molecule has 25 heavy (non-hydrogen) atoms. The number of nitrogens with one attached hydrogen (secondary N) is 1. The molecule has 1 N–H and O–H groups in total. The predicted molar refractivity (Wildman–Crippen MR) is 94.1 cm³/mol. The molecule has 0 unspecified atom stereocenters. The molecule has 0 saturated carbocycles. The fraction of sp³-hybridized carbons (Fsp3) is 0.222. The summed E-state index contributed by atoms with van der Waals surface area (Å²) in [5.74, 6) is 0.0836. The smallest absolute Gasteiger partial charge is 0.344 e. The fourth-order valence-electron chi connectivity index (χ4n) is 1.88. The summed E-state index contributed by atoms with van der Waals surface area (Å²) < 4.78 is 15.5. The number of anilines is 1. The molecule has 0 spiro atoms. The van der Waals surface area contributed by atoms with E-state index >= 15 is 0 Å². The molecule has 132 valence electrons. The Bertz CT molecular complexity index is 718. The Labute approximate surface area is 150 Å². The lowest BCUT2D eigenvalue weighted by Gasteiger charge is -2.09. The van der Waals surface area contributed by atoms with Crippen LogP contribution in [0.4, 0.5) is 5.69 Å². The summed E-state index contributed by atoms with van der Waals surface area (Å²) in [5.41, 5.74) is 0.454. The molecule has 0 fully saturated rings. The van der Waals surface area contributed by atoms with E-state index in [0.29, 0.717) is 28.8 Å². The van der Waals surface area contributed by atoms with Crippen molar-refractivity contribution in [2.75, 3.05) is 25.1 Å². The normalized spacial score (nSPS) is 10.0. The third-order valence-corrected chi connectivity index (χ3v) is 3.33. The van der Waals surface area contributed by atoms with Gasteiger partial charge in [0.25, 0.3) is 5.91 Å². The van der Waals surface area contributed by atoms with Crippen LogP contribution in [0.5, 0.6) is 11.5 Å². The number of esters is 1. The molecule has 0 aromatic heterocycles. The quantitative estimate of drug-likeness (QED) is 0.728. The van der Waals surface area contributed by atoms with Crippen LogP contribution in [-0.4, -0.2) is 31.7 Å². The van der Waals surface area contributed by atoms with Crippen LogP contribution in [-0.2, 0) is 14.3 Å². The van der Waals surface area contributed by atoms with Crippen LogP contribution in [0, 0.1) is 0 Å². The third-order valence-electron chi connectivity index (χ3n) is 3.00. The van der Waals surface area contributed by atoms with Crippen molar-refractivity contribution in [2.45, 2.75) is 6.92 Å². The monoisotopic (exact) mass is 363 g/mol. The van der Waals surface area contributed by atoms with Crippen LogP contribution < -0.4 is 14.8 Å². The molecule has 2 aromatic rings. The minimum atomic E-state index is -0.650. The highest BCUT2D eigenvalue weighted by Gasteiger charge is 2.10. The van der Waals surface area contributed by atoms with Gasteiger partial charge in [0.2, 0.25) is 0 Å². The van der Waals surface area contributed by atoms with Crippen LogP contribution in [0.1, 0.15) is 6.92 Å². The molecule has 0 aliphatic heterocycles. The minimum absolute atomic E-state index is 0.298. The molecule has 6 nitrogen and oxygen atoms in total. The summed E-state index contributed by atoms with van der Waals surface area (Å²) in [6, 6.07) is 13.6. The Morgan fingerprint density at radius 1 is 0.960 bits per heavy atom. The summed E-state index contributed by atoms with van der Waals surface area (Å²) >= 11 is 5.93. The number of hydrogen-bond donors (Lipinski definition) is 1. The molecular weight excluding hydrogens is 346 g/mol. The van der Waals surface area contributed by atoms with E-state index in [1.165, 1.54) is 0 Å². The van der Waals surface area contributed by atoms with E-state index in [0.717, 1.165) is 0 Å². The van der Waals surface area contributed by atoms with Crippen molar-refractivity contribution in [1.82, 2.24) is 0 Å². The molecule has 2 aromatic carbocycles. The molecule has 0 aliphatic carbocycles. The number of amides is 1. The van der Waals surface area contributed by atoms with E-state index in [1.807, 2.05) is 6.92 Å². The lowest BCUT2D eigenvalue weighted by Crippen LogP contribution is -2.23. The average molecular weight is 364 g/mol. The molecule has 2 rings (SSSR count). The molecule has 0 atom stereocenters. The van der Waals surface area contributed by atoms with Crippen molar-refractivity contribution in [3.63, 3.8) is 0 Å². The van der Waals surface area contributed by atoms with Crippen LogP contribution in [0.15, 0.2) is 48.5 Å². The van der Waals surface area contributed by atoms with Crippen LogP contribution in [0.25, 0.3) is 0 Å². The second kappa shape index (κ2) is 9.54. The summed E-state index contributed by atoms with van der Waals surface area (Å²) in [5, 5.41) is 2.96. The Hall–Kier alpha value is -2.73. The van der Waals surface area contributed by atoms with Crippen LogP contribution in [0.3, 0.4) is 0 Å². The van der Waals surface area contributed by atoms with Gasteiger partial charge in [-0.05, 0) is 43.3 Å². The highest BCUT2D eigenvalue weighted by atomic mass is 35.5. The molecule has 1 amide bonds. The second-order valence-corrected chi connectivity index (χ2v) is 5.29. The van der Waals surface area contributed by atoms with E-state index in [4.69, 9.17) is 25.8 Å². The molecule has 0 heterocycles. The summed E-state index contributed by atoms with van der Waals surface area (Å²) in [6.07, 6.45) is 0. The van der Waals surface area contributed by atoms with Gasteiger partial charge in [-0.15, -0.1) is 0 Å². The summed E-state index contributed by atoms with van der Waals surface area (Å²) in [6.45, 7) is 1.75. The van der Waals surface area contributed by atoms with Crippen molar-refractivity contribution in [3.05, 3.63) is 53.6 Å². The molecule has 0 saturated heterocycles. The van der Waals surface area contributed by atoms with E-state index in [9.17, 15) is 9.59 Å². The Balaban J connectivity index is 1.71. The largest absolute Gasteiger partial charge is 0.494 e. The predicted octanol–water partition coefficient (Wildman–Crippen LogP) is 3.30. The van der Waals surface area contributed by atoms with Crippen molar-refractivity contribution in [1.29, 1.82) is 0 Å². The standard InChI is InChI=1S/C18H18ClNO5/c1-2-23-13-7-9-14(10-8-13)24-12-18(22)25-11-17(21)20-16-6-4-3-5-15(16)19/h3-10H,2,11-12H2,1H3,(H,20,21). The highest BCUT2D eigenvalue weighted by molar-refractivity contribution is 6.33. The topological polar surface area (TPSA) is 73.9 Å². The van der Waals surface area contributed by atoms with E-state index in [-0.39, 0.29) is 6.61 Å². The van der Waals surface area contributed by atoms with Crippen molar-refractivity contribution in [2.24, 2.45) is 0 Å². The molecule has 7 heteroatoms.